The Morgan fingerprint density at radius 3 is 1.38 bits per heavy atom. The average molecular weight is 652 g/mol. The fourth-order valence-electron chi connectivity index (χ4n) is 6.74. The van der Waals surface area contributed by atoms with Gasteiger partial charge in [-0.05, 0) is 105 Å². The third-order valence-corrected chi connectivity index (χ3v) is 8.96. The second-order valence-corrected chi connectivity index (χ2v) is 14.9. The minimum absolute atomic E-state index is 0.0830. The molecule has 48 heavy (non-hydrogen) atoms. The van der Waals surface area contributed by atoms with Crippen LogP contribution in [0.1, 0.15) is 105 Å². The highest BCUT2D eigenvalue weighted by Gasteiger charge is 2.24. The lowest BCUT2D eigenvalue weighted by molar-refractivity contribution is 0.126. The van der Waals surface area contributed by atoms with Gasteiger partial charge in [0.1, 0.15) is 0 Å². The number of hydrogen-bond donors (Lipinski definition) is 1. The number of benzene rings is 4. The Morgan fingerprint density at radius 2 is 0.979 bits per heavy atom. The Balaban J connectivity index is 0.00000148. The molecule has 0 saturated carbocycles. The smallest absolute Gasteiger partial charge is 0.0720 e. The van der Waals surface area contributed by atoms with E-state index in [0.29, 0.717) is 6.54 Å². The van der Waals surface area contributed by atoms with Gasteiger partial charge in [0, 0.05) is 67.6 Å². The van der Waals surface area contributed by atoms with Crippen molar-refractivity contribution in [1.29, 1.82) is 0 Å². The van der Waals surface area contributed by atoms with Crippen LogP contribution in [0.5, 0.6) is 0 Å². The van der Waals surface area contributed by atoms with Gasteiger partial charge in [-0.1, -0.05) is 96.1 Å². The molecule has 4 rings (SSSR count). The van der Waals surface area contributed by atoms with Crippen LogP contribution in [0, 0.1) is 11.3 Å². The van der Waals surface area contributed by atoms with E-state index in [0.717, 1.165) is 45.1 Å². The predicted molar refractivity (Wildman–Crippen MR) is 213 cm³/mol. The van der Waals surface area contributed by atoms with Crippen molar-refractivity contribution in [3.63, 3.8) is 0 Å². The van der Waals surface area contributed by atoms with Gasteiger partial charge < -0.3 is 19.8 Å². The summed E-state index contributed by atoms with van der Waals surface area (Å²) in [6, 6.07) is 31.8. The molecule has 0 heterocycles. The number of likely N-dealkylation sites (N-methyl/N-ethyl adjacent to an activating group) is 1. The first-order valence-electron chi connectivity index (χ1n) is 18.5. The Hall–Kier alpha value is -3.50. The maximum absolute atomic E-state index is 11.0. The Morgan fingerprint density at radius 1 is 0.562 bits per heavy atom. The molecule has 0 radical (unpaired) electrons. The quantitative estimate of drug-likeness (QED) is 0.137. The fraction of sp³-hybridized carbons (Fsp3) is 0.500. The number of anilines is 3. The van der Waals surface area contributed by atoms with E-state index in [1.165, 1.54) is 44.5 Å². The number of aliphatic hydroxyl groups excluding tert-OH is 1. The van der Waals surface area contributed by atoms with Crippen LogP contribution in [0.2, 0.25) is 0 Å². The number of hydrogen-bond acceptors (Lipinski definition) is 4. The summed E-state index contributed by atoms with van der Waals surface area (Å²) >= 11 is 0. The first-order chi connectivity index (χ1) is 22.9. The minimum atomic E-state index is -0.380. The second kappa shape index (κ2) is 18.3. The third-order valence-electron chi connectivity index (χ3n) is 8.96. The average Bonchev–Trinajstić information content (AvgIpc) is 3.05. The van der Waals surface area contributed by atoms with E-state index in [-0.39, 0.29) is 17.4 Å². The van der Waals surface area contributed by atoms with Crippen molar-refractivity contribution in [3.8, 4) is 0 Å². The fourth-order valence-corrected chi connectivity index (χ4v) is 6.74. The van der Waals surface area contributed by atoms with Crippen LogP contribution >= 0.6 is 0 Å². The van der Waals surface area contributed by atoms with E-state index in [4.69, 9.17) is 0 Å². The lowest BCUT2D eigenvalue weighted by atomic mass is 9.82. The zero-order chi connectivity index (χ0) is 35.4. The summed E-state index contributed by atoms with van der Waals surface area (Å²) in [6.07, 6.45) is 0.393. The van der Waals surface area contributed by atoms with Crippen LogP contribution in [0.4, 0.5) is 17.1 Å². The molecule has 0 bridgehead atoms. The lowest BCUT2D eigenvalue weighted by Gasteiger charge is -2.31. The zero-order valence-electron chi connectivity index (χ0n) is 32.1. The van der Waals surface area contributed by atoms with Crippen LogP contribution in [0.25, 0.3) is 10.8 Å². The topological polar surface area (TPSA) is 30.0 Å². The normalized spacial score (nSPS) is 12.2. The van der Waals surface area contributed by atoms with Crippen molar-refractivity contribution in [1.82, 2.24) is 0 Å². The molecule has 1 unspecified atom stereocenters. The SMILES string of the molecule is CC(C)C.CCN(CC)c1ccc(C(c2ccc(N(CC)CC)cc2)c2ccc(N(CC)CC(O)CC(C)(C)C)c3ccccc23)cc1. The largest absolute Gasteiger partial charge is 0.391 e. The monoisotopic (exact) mass is 652 g/mol. The van der Waals surface area contributed by atoms with Gasteiger partial charge in [-0.15, -0.1) is 0 Å². The molecule has 0 aliphatic carbocycles. The third kappa shape index (κ3) is 10.5. The molecular formula is C44H65N3O. The second-order valence-electron chi connectivity index (χ2n) is 14.9. The molecule has 1 atom stereocenters. The Bertz CT molecular complexity index is 1440. The molecule has 0 aliphatic rings. The van der Waals surface area contributed by atoms with E-state index in [2.05, 4.69) is 176 Å². The maximum atomic E-state index is 11.0. The highest BCUT2D eigenvalue weighted by molar-refractivity contribution is 5.97. The molecule has 1 N–H and O–H groups in total. The minimum Gasteiger partial charge on any atom is -0.391 e. The predicted octanol–water partition coefficient (Wildman–Crippen LogP) is 11.0. The van der Waals surface area contributed by atoms with Crippen LogP contribution in [-0.4, -0.2) is 50.5 Å². The van der Waals surface area contributed by atoms with Gasteiger partial charge >= 0.3 is 0 Å². The van der Waals surface area contributed by atoms with Crippen molar-refractivity contribution in [2.24, 2.45) is 11.3 Å². The molecule has 0 fully saturated rings. The summed E-state index contributed by atoms with van der Waals surface area (Å²) < 4.78 is 0. The van der Waals surface area contributed by atoms with Crippen molar-refractivity contribution >= 4 is 27.8 Å². The first kappa shape index (κ1) is 38.9. The van der Waals surface area contributed by atoms with E-state index >= 15 is 0 Å². The van der Waals surface area contributed by atoms with Gasteiger partial charge in [0.2, 0.25) is 0 Å². The van der Waals surface area contributed by atoms with Crippen LogP contribution in [0.3, 0.4) is 0 Å². The standard InChI is InChI=1S/C40H55N3O.C4H10/c1-9-41(10-2)32-22-18-30(19-23-32)39(31-20-24-33(25-21-31)42(11-3)12-4)37-26-27-38(36-17-15-14-16-35(36)37)43(13-5)29-34(44)28-40(6,7)8;1-4(2)3/h14-27,34,39,44H,9-13,28-29H2,1-8H3;4H,1-3H3. The van der Waals surface area contributed by atoms with Gasteiger partial charge in [0.05, 0.1) is 6.10 Å². The molecule has 0 spiro atoms. The highest BCUT2D eigenvalue weighted by Crippen LogP contribution is 2.40. The summed E-state index contributed by atoms with van der Waals surface area (Å²) in [4.78, 5) is 7.14. The Labute approximate surface area is 293 Å². The summed E-state index contributed by atoms with van der Waals surface area (Å²) in [7, 11) is 0. The first-order valence-corrected chi connectivity index (χ1v) is 18.5. The van der Waals surface area contributed by atoms with Crippen molar-refractivity contribution in [3.05, 3.63) is 102 Å². The maximum Gasteiger partial charge on any atom is 0.0720 e. The molecule has 4 aromatic carbocycles. The molecule has 0 saturated heterocycles. The van der Waals surface area contributed by atoms with E-state index in [1.54, 1.807) is 0 Å². The molecule has 0 aliphatic heterocycles. The van der Waals surface area contributed by atoms with Gasteiger partial charge in [-0.2, -0.15) is 0 Å². The van der Waals surface area contributed by atoms with Gasteiger partial charge in [0.15, 0.2) is 0 Å². The molecule has 4 heteroatoms. The van der Waals surface area contributed by atoms with Crippen LogP contribution in [-0.2, 0) is 0 Å². The molecular weight excluding hydrogens is 587 g/mol. The van der Waals surface area contributed by atoms with Crippen molar-refractivity contribution < 1.29 is 5.11 Å². The van der Waals surface area contributed by atoms with E-state index < -0.39 is 0 Å². The van der Waals surface area contributed by atoms with E-state index in [1.807, 2.05) is 0 Å². The summed E-state index contributed by atoms with van der Waals surface area (Å²) in [6.45, 7) is 29.6. The molecule has 0 aromatic heterocycles. The van der Waals surface area contributed by atoms with E-state index in [9.17, 15) is 5.11 Å². The van der Waals surface area contributed by atoms with Crippen LogP contribution in [0.15, 0.2) is 84.9 Å². The van der Waals surface area contributed by atoms with Gasteiger partial charge in [0.25, 0.3) is 0 Å². The lowest BCUT2D eigenvalue weighted by Crippen LogP contribution is -2.34. The highest BCUT2D eigenvalue weighted by atomic mass is 16.3. The number of aliphatic hydroxyl groups is 1. The molecule has 0 amide bonds. The number of rotatable bonds is 14. The summed E-state index contributed by atoms with van der Waals surface area (Å²) in [5.41, 5.74) is 7.70. The molecule has 4 nitrogen and oxygen atoms in total. The summed E-state index contributed by atoms with van der Waals surface area (Å²) in [5, 5.41) is 13.5. The molecule has 4 aromatic rings. The number of fused-ring (bicyclic) bond motifs is 1. The molecule has 262 valence electrons. The van der Waals surface area contributed by atoms with Crippen LogP contribution < -0.4 is 14.7 Å². The number of nitrogens with zero attached hydrogens (tertiary/aromatic N) is 3. The summed E-state index contributed by atoms with van der Waals surface area (Å²) in [5.74, 6) is 0.923. The van der Waals surface area contributed by atoms with Gasteiger partial charge in [-0.25, -0.2) is 0 Å². The van der Waals surface area contributed by atoms with Crippen molar-refractivity contribution in [2.75, 3.05) is 54.0 Å². The van der Waals surface area contributed by atoms with Gasteiger partial charge in [-0.3, -0.25) is 0 Å². The van der Waals surface area contributed by atoms with Crippen molar-refractivity contribution in [2.45, 2.75) is 94.6 Å². The Kier molecular flexibility index (Phi) is 14.9. The zero-order valence-corrected chi connectivity index (χ0v) is 32.1.